The van der Waals surface area contributed by atoms with E-state index in [0.717, 1.165) is 11.1 Å². The summed E-state index contributed by atoms with van der Waals surface area (Å²) in [6, 6.07) is 12.7. The average Bonchev–Trinajstić information content (AvgIpc) is 2.52. The number of ether oxygens (including phenoxy) is 1. The van der Waals surface area contributed by atoms with Crippen molar-refractivity contribution in [2.75, 3.05) is 10.6 Å². The molecule has 0 bridgehead atoms. The van der Waals surface area contributed by atoms with Crippen molar-refractivity contribution in [3.05, 3.63) is 53.6 Å². The lowest BCUT2D eigenvalue weighted by Gasteiger charge is -2.15. The maximum Gasteiger partial charge on any atom is 0.314 e. The standard InChI is InChI=1S/C19H22N2O3/c1-12(2)24-17-8-6-5-7-15(17)20-18(22)19(23)21-16-11-13(3)9-10-14(16)4/h5-12H,1-4H3,(H,20,22)(H,21,23). The summed E-state index contributed by atoms with van der Waals surface area (Å²) in [5, 5.41) is 5.23. The average molecular weight is 326 g/mol. The van der Waals surface area contributed by atoms with E-state index in [1.807, 2.05) is 52.0 Å². The van der Waals surface area contributed by atoms with Gasteiger partial charge in [-0.1, -0.05) is 24.3 Å². The topological polar surface area (TPSA) is 67.4 Å². The molecule has 0 saturated carbocycles. The van der Waals surface area contributed by atoms with Crippen molar-refractivity contribution in [1.29, 1.82) is 0 Å². The van der Waals surface area contributed by atoms with E-state index in [9.17, 15) is 9.59 Å². The molecule has 126 valence electrons. The molecule has 5 heteroatoms. The van der Waals surface area contributed by atoms with Gasteiger partial charge in [-0.3, -0.25) is 9.59 Å². The van der Waals surface area contributed by atoms with E-state index in [0.29, 0.717) is 17.1 Å². The normalized spacial score (nSPS) is 10.4. The molecular weight excluding hydrogens is 304 g/mol. The lowest BCUT2D eigenvalue weighted by atomic mass is 10.1. The summed E-state index contributed by atoms with van der Waals surface area (Å²) in [6.45, 7) is 7.59. The Morgan fingerprint density at radius 1 is 0.917 bits per heavy atom. The van der Waals surface area contributed by atoms with Crippen LogP contribution < -0.4 is 15.4 Å². The molecule has 0 heterocycles. The third-order valence-corrected chi connectivity index (χ3v) is 3.35. The first-order valence-corrected chi connectivity index (χ1v) is 7.82. The second-order valence-electron chi connectivity index (χ2n) is 5.89. The maximum absolute atomic E-state index is 12.2. The summed E-state index contributed by atoms with van der Waals surface area (Å²) < 4.78 is 5.63. The van der Waals surface area contributed by atoms with E-state index in [2.05, 4.69) is 10.6 Å². The van der Waals surface area contributed by atoms with Gasteiger partial charge in [-0.2, -0.15) is 0 Å². The number of anilines is 2. The third-order valence-electron chi connectivity index (χ3n) is 3.35. The van der Waals surface area contributed by atoms with Gasteiger partial charge < -0.3 is 15.4 Å². The number of aryl methyl sites for hydroxylation is 2. The van der Waals surface area contributed by atoms with Crippen molar-refractivity contribution >= 4 is 23.2 Å². The van der Waals surface area contributed by atoms with Crippen molar-refractivity contribution in [1.82, 2.24) is 0 Å². The number of nitrogens with one attached hydrogen (secondary N) is 2. The van der Waals surface area contributed by atoms with E-state index < -0.39 is 11.8 Å². The lowest BCUT2D eigenvalue weighted by molar-refractivity contribution is -0.133. The Kier molecular flexibility index (Phi) is 5.58. The van der Waals surface area contributed by atoms with Crippen molar-refractivity contribution in [3.63, 3.8) is 0 Å². The van der Waals surface area contributed by atoms with Gasteiger partial charge >= 0.3 is 11.8 Å². The van der Waals surface area contributed by atoms with Gasteiger partial charge in [0.2, 0.25) is 0 Å². The molecule has 2 N–H and O–H groups in total. The highest BCUT2D eigenvalue weighted by Gasteiger charge is 2.17. The van der Waals surface area contributed by atoms with Crippen LogP contribution in [0.25, 0.3) is 0 Å². The molecule has 2 aromatic rings. The predicted molar refractivity (Wildman–Crippen MR) is 95.4 cm³/mol. The van der Waals surface area contributed by atoms with Crippen LogP contribution in [0.15, 0.2) is 42.5 Å². The van der Waals surface area contributed by atoms with E-state index in [1.54, 1.807) is 18.2 Å². The molecule has 0 spiro atoms. The van der Waals surface area contributed by atoms with Gasteiger partial charge in [-0.05, 0) is 57.0 Å². The minimum absolute atomic E-state index is 0.0353. The molecule has 0 atom stereocenters. The minimum atomic E-state index is -0.740. The highest BCUT2D eigenvalue weighted by atomic mass is 16.5. The molecular formula is C19H22N2O3. The van der Waals surface area contributed by atoms with Crippen LogP contribution in [0.1, 0.15) is 25.0 Å². The number of hydrogen-bond acceptors (Lipinski definition) is 3. The number of carbonyl (C=O) groups is 2. The van der Waals surface area contributed by atoms with Gasteiger partial charge in [0.15, 0.2) is 0 Å². The Hall–Kier alpha value is -2.82. The van der Waals surface area contributed by atoms with Gasteiger partial charge in [-0.25, -0.2) is 0 Å². The van der Waals surface area contributed by atoms with Crippen LogP contribution in [0.5, 0.6) is 5.75 Å². The fraction of sp³-hybridized carbons (Fsp3) is 0.263. The first kappa shape index (κ1) is 17.5. The number of rotatable bonds is 4. The maximum atomic E-state index is 12.2. The SMILES string of the molecule is Cc1ccc(C)c(NC(=O)C(=O)Nc2ccccc2OC(C)C)c1. The summed E-state index contributed by atoms with van der Waals surface area (Å²) in [6.07, 6.45) is -0.0353. The third kappa shape index (κ3) is 4.59. The minimum Gasteiger partial charge on any atom is -0.489 e. The Morgan fingerprint density at radius 2 is 1.54 bits per heavy atom. The van der Waals surface area contributed by atoms with Crippen molar-refractivity contribution in [2.45, 2.75) is 33.8 Å². The molecule has 5 nitrogen and oxygen atoms in total. The first-order chi connectivity index (χ1) is 11.4. The number of hydrogen-bond donors (Lipinski definition) is 2. The Balaban J connectivity index is 2.10. The second-order valence-corrected chi connectivity index (χ2v) is 5.89. The summed E-state index contributed by atoms with van der Waals surface area (Å²) >= 11 is 0. The van der Waals surface area contributed by atoms with Gasteiger partial charge in [0.1, 0.15) is 5.75 Å². The smallest absolute Gasteiger partial charge is 0.314 e. The Bertz CT molecular complexity index is 754. The fourth-order valence-electron chi connectivity index (χ4n) is 2.16. The van der Waals surface area contributed by atoms with Crippen LogP contribution in [-0.2, 0) is 9.59 Å². The van der Waals surface area contributed by atoms with E-state index in [4.69, 9.17) is 4.74 Å². The monoisotopic (exact) mass is 326 g/mol. The summed E-state index contributed by atoms with van der Waals surface area (Å²) in [5.74, 6) is -0.931. The molecule has 2 rings (SSSR count). The first-order valence-electron chi connectivity index (χ1n) is 7.82. The van der Waals surface area contributed by atoms with E-state index in [-0.39, 0.29) is 6.10 Å². The number of benzene rings is 2. The fourth-order valence-corrected chi connectivity index (χ4v) is 2.16. The quantitative estimate of drug-likeness (QED) is 0.843. The molecule has 0 unspecified atom stereocenters. The molecule has 0 aliphatic carbocycles. The highest BCUT2D eigenvalue weighted by molar-refractivity contribution is 6.43. The van der Waals surface area contributed by atoms with Crippen molar-refractivity contribution < 1.29 is 14.3 Å². The lowest BCUT2D eigenvalue weighted by Crippen LogP contribution is -2.29. The van der Waals surface area contributed by atoms with Crippen LogP contribution in [0.3, 0.4) is 0 Å². The molecule has 24 heavy (non-hydrogen) atoms. The number of para-hydroxylation sites is 2. The molecule has 0 aromatic heterocycles. The van der Waals surface area contributed by atoms with Crippen LogP contribution in [0.2, 0.25) is 0 Å². The molecule has 2 amide bonds. The zero-order valence-corrected chi connectivity index (χ0v) is 14.3. The zero-order chi connectivity index (χ0) is 17.7. The van der Waals surface area contributed by atoms with E-state index in [1.165, 1.54) is 0 Å². The Labute approximate surface area is 142 Å². The van der Waals surface area contributed by atoms with Crippen LogP contribution in [0, 0.1) is 13.8 Å². The molecule has 2 aromatic carbocycles. The molecule has 0 fully saturated rings. The van der Waals surface area contributed by atoms with Crippen molar-refractivity contribution in [3.8, 4) is 5.75 Å². The predicted octanol–water partition coefficient (Wildman–Crippen LogP) is 3.67. The highest BCUT2D eigenvalue weighted by Crippen LogP contribution is 2.25. The molecule has 0 radical (unpaired) electrons. The zero-order valence-electron chi connectivity index (χ0n) is 14.3. The van der Waals surface area contributed by atoms with Crippen LogP contribution in [0.4, 0.5) is 11.4 Å². The largest absolute Gasteiger partial charge is 0.489 e. The molecule has 0 aliphatic heterocycles. The van der Waals surface area contributed by atoms with Crippen LogP contribution >= 0.6 is 0 Å². The Morgan fingerprint density at radius 3 is 2.21 bits per heavy atom. The van der Waals surface area contributed by atoms with Gasteiger partial charge in [0, 0.05) is 5.69 Å². The van der Waals surface area contributed by atoms with Gasteiger partial charge in [0.25, 0.3) is 0 Å². The van der Waals surface area contributed by atoms with Crippen LogP contribution in [-0.4, -0.2) is 17.9 Å². The van der Waals surface area contributed by atoms with Gasteiger partial charge in [-0.15, -0.1) is 0 Å². The number of amides is 2. The number of carbonyl (C=O) groups excluding carboxylic acids is 2. The van der Waals surface area contributed by atoms with E-state index >= 15 is 0 Å². The molecule has 0 saturated heterocycles. The summed E-state index contributed by atoms with van der Waals surface area (Å²) in [4.78, 5) is 24.3. The summed E-state index contributed by atoms with van der Waals surface area (Å²) in [7, 11) is 0. The second kappa shape index (κ2) is 7.64. The molecule has 0 aliphatic rings. The van der Waals surface area contributed by atoms with Gasteiger partial charge in [0.05, 0.1) is 11.8 Å². The summed E-state index contributed by atoms with van der Waals surface area (Å²) in [5.41, 5.74) is 2.99. The van der Waals surface area contributed by atoms with Crippen molar-refractivity contribution in [2.24, 2.45) is 0 Å².